The summed E-state index contributed by atoms with van der Waals surface area (Å²) in [4.78, 5) is 25.3. The molecule has 1 heterocycles. The van der Waals surface area contributed by atoms with E-state index < -0.39 is 22.4 Å². The molecular weight excluding hydrogens is 292 g/mol. The number of ether oxygens (including phenoxy) is 2. The summed E-state index contributed by atoms with van der Waals surface area (Å²) in [7, 11) is 0. The van der Waals surface area contributed by atoms with Gasteiger partial charge in [-0.3, -0.25) is 4.79 Å². The van der Waals surface area contributed by atoms with Crippen LogP contribution < -0.4 is 4.74 Å². The quantitative estimate of drug-likeness (QED) is 0.617. The van der Waals surface area contributed by atoms with Crippen LogP contribution in [0.2, 0.25) is 0 Å². The Morgan fingerprint density at radius 1 is 1.09 bits per heavy atom. The summed E-state index contributed by atoms with van der Waals surface area (Å²) in [5.74, 6) is -0.169. The van der Waals surface area contributed by atoms with Crippen molar-refractivity contribution in [2.24, 2.45) is 10.8 Å². The van der Waals surface area contributed by atoms with Gasteiger partial charge in [-0.1, -0.05) is 31.5 Å². The summed E-state index contributed by atoms with van der Waals surface area (Å²) in [6.07, 6.45) is 1.17. The molecule has 2 atom stereocenters. The SMILES string of the molecule is Cc1cc(C)c(OC(=O)[C@]23CC[C@](C)(C(=O)O2)C3(C)C)c(C)c1. The molecule has 0 N–H and O–H groups in total. The van der Waals surface area contributed by atoms with Crippen LogP contribution >= 0.6 is 0 Å². The molecule has 23 heavy (non-hydrogen) atoms. The number of carbonyl (C=O) groups excluding carboxylic acids is 2. The highest BCUT2D eigenvalue weighted by Crippen LogP contribution is 2.65. The van der Waals surface area contributed by atoms with E-state index >= 15 is 0 Å². The monoisotopic (exact) mass is 316 g/mol. The van der Waals surface area contributed by atoms with Crippen LogP contribution in [0.1, 0.15) is 50.3 Å². The molecule has 2 aliphatic rings. The summed E-state index contributed by atoms with van der Waals surface area (Å²) in [6.45, 7) is 11.6. The second-order valence-electron chi connectivity index (χ2n) is 7.79. The Hall–Kier alpha value is -1.84. The Labute approximate surface area is 137 Å². The van der Waals surface area contributed by atoms with Gasteiger partial charge in [0.1, 0.15) is 5.75 Å². The van der Waals surface area contributed by atoms with Gasteiger partial charge in [-0.15, -0.1) is 0 Å². The summed E-state index contributed by atoms with van der Waals surface area (Å²) in [6, 6.07) is 3.97. The molecule has 1 saturated carbocycles. The molecule has 1 aliphatic heterocycles. The first-order chi connectivity index (χ1) is 10.5. The van der Waals surface area contributed by atoms with Gasteiger partial charge < -0.3 is 9.47 Å². The number of aryl methyl sites for hydroxylation is 3. The van der Waals surface area contributed by atoms with E-state index in [0.717, 1.165) is 16.7 Å². The van der Waals surface area contributed by atoms with Gasteiger partial charge in [-0.25, -0.2) is 4.79 Å². The normalized spacial score (nSPS) is 31.1. The molecule has 0 radical (unpaired) electrons. The van der Waals surface area contributed by atoms with Gasteiger partial charge in [-0.2, -0.15) is 0 Å². The predicted octanol–water partition coefficient (Wildman–Crippen LogP) is 3.64. The summed E-state index contributed by atoms with van der Waals surface area (Å²) in [5.41, 5.74) is 0.566. The summed E-state index contributed by atoms with van der Waals surface area (Å²) in [5, 5.41) is 0. The number of benzene rings is 1. The first-order valence-electron chi connectivity index (χ1n) is 8.09. The number of carbonyl (C=O) groups is 2. The molecule has 2 bridgehead atoms. The molecule has 1 aromatic carbocycles. The zero-order chi connectivity index (χ0) is 17.2. The summed E-state index contributed by atoms with van der Waals surface area (Å²) >= 11 is 0. The second kappa shape index (κ2) is 4.59. The molecule has 1 aliphatic carbocycles. The molecule has 0 aromatic heterocycles. The van der Waals surface area contributed by atoms with Crippen LogP contribution in [0.3, 0.4) is 0 Å². The molecule has 124 valence electrons. The lowest BCUT2D eigenvalue weighted by Gasteiger charge is -2.34. The predicted molar refractivity (Wildman–Crippen MR) is 86.2 cm³/mol. The highest BCUT2D eigenvalue weighted by molar-refractivity contribution is 5.94. The molecule has 1 aromatic rings. The Morgan fingerprint density at radius 3 is 2.09 bits per heavy atom. The third kappa shape index (κ3) is 1.84. The number of esters is 2. The minimum absolute atomic E-state index is 0.289. The van der Waals surface area contributed by atoms with E-state index in [1.54, 1.807) is 0 Å². The molecule has 0 spiro atoms. The maximum Gasteiger partial charge on any atom is 0.356 e. The molecule has 3 rings (SSSR count). The third-order valence-corrected chi connectivity index (χ3v) is 6.21. The Bertz CT molecular complexity index is 695. The lowest BCUT2D eigenvalue weighted by atomic mass is 9.66. The number of hydrogen-bond donors (Lipinski definition) is 0. The zero-order valence-electron chi connectivity index (χ0n) is 14.7. The van der Waals surface area contributed by atoms with Crippen molar-refractivity contribution in [3.63, 3.8) is 0 Å². The highest BCUT2D eigenvalue weighted by Gasteiger charge is 2.76. The Morgan fingerprint density at radius 2 is 1.65 bits per heavy atom. The Kier molecular flexibility index (Phi) is 3.20. The van der Waals surface area contributed by atoms with Crippen molar-refractivity contribution >= 4 is 11.9 Å². The molecule has 0 amide bonds. The van der Waals surface area contributed by atoms with Crippen molar-refractivity contribution in [1.82, 2.24) is 0 Å². The fourth-order valence-electron chi connectivity index (χ4n) is 4.21. The minimum Gasteiger partial charge on any atom is -0.446 e. The fourth-order valence-corrected chi connectivity index (χ4v) is 4.21. The maximum absolute atomic E-state index is 13.0. The van der Waals surface area contributed by atoms with Crippen LogP contribution in [0.15, 0.2) is 12.1 Å². The molecule has 1 saturated heterocycles. The average molecular weight is 316 g/mol. The minimum atomic E-state index is -1.18. The van der Waals surface area contributed by atoms with Crippen molar-refractivity contribution in [3.05, 3.63) is 28.8 Å². The highest BCUT2D eigenvalue weighted by atomic mass is 16.6. The van der Waals surface area contributed by atoms with E-state index in [2.05, 4.69) is 0 Å². The van der Waals surface area contributed by atoms with Crippen LogP contribution in [0.5, 0.6) is 5.75 Å². The van der Waals surface area contributed by atoms with E-state index in [0.29, 0.717) is 18.6 Å². The molecule has 0 unspecified atom stereocenters. The molecule has 4 nitrogen and oxygen atoms in total. The average Bonchev–Trinajstić information content (AvgIpc) is 2.73. The summed E-state index contributed by atoms with van der Waals surface area (Å²) < 4.78 is 11.3. The van der Waals surface area contributed by atoms with E-state index in [1.165, 1.54) is 0 Å². The number of rotatable bonds is 2. The first kappa shape index (κ1) is 16.0. The first-order valence-corrected chi connectivity index (χ1v) is 8.09. The largest absolute Gasteiger partial charge is 0.446 e. The molecular formula is C19H24O4. The van der Waals surface area contributed by atoms with Crippen LogP contribution in [0.4, 0.5) is 0 Å². The van der Waals surface area contributed by atoms with Gasteiger partial charge in [0.25, 0.3) is 0 Å². The van der Waals surface area contributed by atoms with Crippen LogP contribution in [-0.4, -0.2) is 17.5 Å². The lowest BCUT2D eigenvalue weighted by Crippen LogP contribution is -2.50. The van der Waals surface area contributed by atoms with Crippen molar-refractivity contribution in [2.75, 3.05) is 0 Å². The standard InChI is InChI=1S/C19H24O4/c1-11-9-12(2)14(13(3)10-11)22-16(21)19-8-7-18(6,15(20)23-19)17(19,4)5/h9-10H,7-8H2,1-6H3/t18-,19+/m1/s1. The van der Waals surface area contributed by atoms with Crippen LogP contribution in [0, 0.1) is 31.6 Å². The second-order valence-corrected chi connectivity index (χ2v) is 7.79. The van der Waals surface area contributed by atoms with Gasteiger partial charge in [0.2, 0.25) is 5.60 Å². The van der Waals surface area contributed by atoms with Crippen molar-refractivity contribution in [1.29, 1.82) is 0 Å². The number of hydrogen-bond acceptors (Lipinski definition) is 4. The van der Waals surface area contributed by atoms with Crippen LogP contribution in [0.25, 0.3) is 0 Å². The van der Waals surface area contributed by atoms with Gasteiger partial charge in [0.15, 0.2) is 0 Å². The third-order valence-electron chi connectivity index (χ3n) is 6.21. The van der Waals surface area contributed by atoms with Gasteiger partial charge >= 0.3 is 11.9 Å². The van der Waals surface area contributed by atoms with Gasteiger partial charge in [0.05, 0.1) is 5.41 Å². The van der Waals surface area contributed by atoms with Crippen molar-refractivity contribution in [2.45, 2.75) is 60.0 Å². The van der Waals surface area contributed by atoms with Crippen molar-refractivity contribution < 1.29 is 19.1 Å². The smallest absolute Gasteiger partial charge is 0.356 e. The zero-order valence-corrected chi connectivity index (χ0v) is 14.7. The topological polar surface area (TPSA) is 52.6 Å². The Balaban J connectivity index is 1.98. The van der Waals surface area contributed by atoms with Crippen LogP contribution in [-0.2, 0) is 14.3 Å². The van der Waals surface area contributed by atoms with E-state index in [4.69, 9.17) is 9.47 Å². The molecule has 2 fully saturated rings. The number of fused-ring (bicyclic) bond motifs is 2. The molecule has 4 heteroatoms. The van der Waals surface area contributed by atoms with Crippen molar-refractivity contribution in [3.8, 4) is 5.75 Å². The van der Waals surface area contributed by atoms with Gasteiger partial charge in [0, 0.05) is 5.41 Å². The van der Waals surface area contributed by atoms with Gasteiger partial charge in [-0.05, 0) is 51.7 Å². The lowest BCUT2D eigenvalue weighted by molar-refractivity contribution is -0.176. The van der Waals surface area contributed by atoms with E-state index in [1.807, 2.05) is 53.7 Å². The fraction of sp³-hybridized carbons (Fsp3) is 0.579. The van der Waals surface area contributed by atoms with E-state index in [9.17, 15) is 9.59 Å². The maximum atomic E-state index is 13.0. The van der Waals surface area contributed by atoms with E-state index in [-0.39, 0.29) is 5.97 Å².